The summed E-state index contributed by atoms with van der Waals surface area (Å²) < 4.78 is 100. The maximum absolute atomic E-state index is 13.8. The number of fused-ring (bicyclic) bond motifs is 1. The maximum Gasteiger partial charge on any atom is 0.416 e. The smallest absolute Gasteiger partial charge is 0.416 e. The van der Waals surface area contributed by atoms with E-state index in [-0.39, 0.29) is 35.6 Å². The Labute approximate surface area is 328 Å². The van der Waals surface area contributed by atoms with Crippen molar-refractivity contribution in [1.82, 2.24) is 9.29 Å². The standard InChI is InChI=1S/C42H38ClF3N2O6S2/c1-28(41(49)50)29-16-19-34(20-17-29)55(51,52)25-23-35-36-26-33(43)18-21-38(36)48(40(30-10-4-2-5-11-30)31-12-6-3-7-13-31)39(35)22-24-47-56(53,54)27-32-14-8-9-15-37(32)42(44,45)46/h2-21,26,28,40,47H,22-25,27H2,1H3,(H,49,50). The third kappa shape index (κ3) is 9.18. The third-order valence-corrected chi connectivity index (χ3v) is 13.1. The lowest BCUT2D eigenvalue weighted by molar-refractivity contribution is -0.139. The number of aromatic nitrogens is 1. The highest BCUT2D eigenvalue weighted by Crippen LogP contribution is 2.38. The molecule has 0 bridgehead atoms. The summed E-state index contributed by atoms with van der Waals surface area (Å²) in [7, 11) is -8.19. The van der Waals surface area contributed by atoms with Crippen LogP contribution in [0.2, 0.25) is 5.02 Å². The molecule has 5 aromatic carbocycles. The molecule has 6 rings (SSSR count). The Balaban J connectivity index is 1.43. The minimum Gasteiger partial charge on any atom is -0.481 e. The van der Waals surface area contributed by atoms with Crippen molar-refractivity contribution in [2.24, 2.45) is 0 Å². The number of benzene rings is 5. The number of sulfonamides is 1. The van der Waals surface area contributed by atoms with Gasteiger partial charge in [0.2, 0.25) is 10.0 Å². The van der Waals surface area contributed by atoms with Gasteiger partial charge in [0.05, 0.1) is 33.9 Å². The summed E-state index contributed by atoms with van der Waals surface area (Å²) in [6.07, 6.45) is -4.71. The van der Waals surface area contributed by atoms with E-state index in [1.165, 1.54) is 43.3 Å². The van der Waals surface area contributed by atoms with E-state index in [9.17, 15) is 39.9 Å². The average Bonchev–Trinajstić information content (AvgIpc) is 3.45. The molecule has 14 heteroatoms. The van der Waals surface area contributed by atoms with Crippen LogP contribution in [0.15, 0.2) is 132 Å². The molecule has 1 heterocycles. The van der Waals surface area contributed by atoms with Crippen LogP contribution < -0.4 is 4.72 Å². The summed E-state index contributed by atoms with van der Waals surface area (Å²) >= 11 is 6.56. The Kier molecular flexibility index (Phi) is 12.1. The van der Waals surface area contributed by atoms with Gasteiger partial charge in [0.25, 0.3) is 0 Å². The maximum atomic E-state index is 13.8. The van der Waals surface area contributed by atoms with Gasteiger partial charge in [-0.05, 0) is 77.6 Å². The molecule has 1 unspecified atom stereocenters. The minimum atomic E-state index is -4.74. The molecule has 1 aromatic heterocycles. The van der Waals surface area contributed by atoms with Crippen molar-refractivity contribution >= 4 is 48.3 Å². The Bertz CT molecular complexity index is 2520. The molecular formula is C42H38ClF3N2O6S2. The number of aryl methyl sites for hydroxylation is 1. The van der Waals surface area contributed by atoms with Gasteiger partial charge >= 0.3 is 12.1 Å². The second kappa shape index (κ2) is 16.6. The molecule has 0 saturated heterocycles. The summed E-state index contributed by atoms with van der Waals surface area (Å²) in [6.45, 7) is 1.30. The zero-order valence-electron chi connectivity index (χ0n) is 30.1. The Hall–Kier alpha value is -4.95. The van der Waals surface area contributed by atoms with Gasteiger partial charge in [-0.2, -0.15) is 13.2 Å². The van der Waals surface area contributed by atoms with Crippen molar-refractivity contribution in [2.75, 3.05) is 12.3 Å². The fourth-order valence-electron chi connectivity index (χ4n) is 6.98. The predicted molar refractivity (Wildman–Crippen MR) is 211 cm³/mol. The second-order valence-corrected chi connectivity index (χ2v) is 17.8. The van der Waals surface area contributed by atoms with Crippen LogP contribution in [0.3, 0.4) is 0 Å². The Morgan fingerprint density at radius 3 is 1.96 bits per heavy atom. The summed E-state index contributed by atoms with van der Waals surface area (Å²) in [5, 5.41) is 10.5. The highest BCUT2D eigenvalue weighted by Gasteiger charge is 2.34. The summed E-state index contributed by atoms with van der Waals surface area (Å²) in [4.78, 5) is 11.5. The molecule has 0 aliphatic carbocycles. The summed E-state index contributed by atoms with van der Waals surface area (Å²) in [5.74, 6) is -3.11. The van der Waals surface area contributed by atoms with Gasteiger partial charge in [-0.25, -0.2) is 21.6 Å². The van der Waals surface area contributed by atoms with Crippen molar-refractivity contribution in [2.45, 2.75) is 48.5 Å². The second-order valence-electron chi connectivity index (χ2n) is 13.4. The van der Waals surface area contributed by atoms with Crippen molar-refractivity contribution < 1.29 is 39.9 Å². The highest BCUT2D eigenvalue weighted by atomic mass is 35.5. The first-order chi connectivity index (χ1) is 26.6. The first-order valence-electron chi connectivity index (χ1n) is 17.6. The van der Waals surface area contributed by atoms with Crippen molar-refractivity contribution in [3.8, 4) is 0 Å². The first kappa shape index (κ1) is 40.7. The fourth-order valence-corrected chi connectivity index (χ4v) is 9.58. The van der Waals surface area contributed by atoms with E-state index in [4.69, 9.17) is 11.6 Å². The molecule has 0 radical (unpaired) electrons. The van der Waals surface area contributed by atoms with E-state index in [1.807, 2.05) is 71.3 Å². The van der Waals surface area contributed by atoms with E-state index in [0.29, 0.717) is 32.7 Å². The number of alkyl halides is 3. The first-order valence-corrected chi connectivity index (χ1v) is 21.3. The number of hydrogen-bond acceptors (Lipinski definition) is 5. The van der Waals surface area contributed by atoms with Crippen molar-refractivity contribution in [3.05, 3.63) is 171 Å². The average molecular weight is 823 g/mol. The van der Waals surface area contributed by atoms with Crippen LogP contribution in [0.25, 0.3) is 10.9 Å². The number of hydrogen-bond donors (Lipinski definition) is 2. The lowest BCUT2D eigenvalue weighted by atomic mass is 9.97. The number of nitrogens with one attached hydrogen (secondary N) is 1. The quantitative estimate of drug-likeness (QED) is 0.107. The van der Waals surface area contributed by atoms with Crippen molar-refractivity contribution in [1.29, 1.82) is 0 Å². The summed E-state index contributed by atoms with van der Waals surface area (Å²) in [5.41, 5.74) is 2.75. The van der Waals surface area contributed by atoms with E-state index in [0.717, 1.165) is 23.3 Å². The zero-order valence-corrected chi connectivity index (χ0v) is 32.5. The molecule has 292 valence electrons. The highest BCUT2D eigenvalue weighted by molar-refractivity contribution is 7.91. The lowest BCUT2D eigenvalue weighted by Crippen LogP contribution is -2.29. The monoisotopic (exact) mass is 822 g/mol. The minimum absolute atomic E-state index is 0.00318. The zero-order chi connectivity index (χ0) is 40.3. The molecule has 0 amide bonds. The molecule has 0 aliphatic heterocycles. The van der Waals surface area contributed by atoms with Gasteiger partial charge in [-0.3, -0.25) is 4.79 Å². The van der Waals surface area contributed by atoms with Crippen LogP contribution in [0, 0.1) is 0 Å². The molecular weight excluding hydrogens is 785 g/mol. The fraction of sp³-hybridized carbons (Fsp3) is 0.214. The van der Waals surface area contributed by atoms with Crippen LogP contribution in [0.4, 0.5) is 13.2 Å². The molecule has 0 aliphatic rings. The molecule has 0 fully saturated rings. The molecule has 8 nitrogen and oxygen atoms in total. The van der Waals surface area contributed by atoms with E-state index >= 15 is 0 Å². The number of rotatable bonds is 15. The molecule has 1 atom stereocenters. The Morgan fingerprint density at radius 2 is 1.38 bits per heavy atom. The molecule has 56 heavy (non-hydrogen) atoms. The van der Waals surface area contributed by atoms with Crippen LogP contribution in [0.5, 0.6) is 0 Å². The molecule has 2 N–H and O–H groups in total. The van der Waals surface area contributed by atoms with E-state index in [1.54, 1.807) is 12.1 Å². The van der Waals surface area contributed by atoms with Crippen LogP contribution >= 0.6 is 11.6 Å². The predicted octanol–water partition coefficient (Wildman–Crippen LogP) is 8.82. The number of carboxylic acid groups (broad SMARTS) is 1. The van der Waals surface area contributed by atoms with Crippen molar-refractivity contribution in [3.63, 3.8) is 0 Å². The van der Waals surface area contributed by atoms with Crippen LogP contribution in [-0.4, -0.2) is 44.8 Å². The van der Waals surface area contributed by atoms with Crippen LogP contribution in [-0.2, 0) is 49.4 Å². The third-order valence-electron chi connectivity index (χ3n) is 9.75. The normalized spacial score (nSPS) is 13.0. The van der Waals surface area contributed by atoms with Gasteiger partial charge in [-0.1, -0.05) is 103 Å². The number of halogens is 4. The lowest BCUT2D eigenvalue weighted by Gasteiger charge is -2.25. The number of carboxylic acids is 1. The SMILES string of the molecule is CC(C(=O)O)c1ccc(S(=O)(=O)CCc2c(CCNS(=O)(=O)Cc3ccccc3C(F)(F)F)n(C(c3ccccc3)c3ccccc3)c3ccc(Cl)cc23)cc1. The Morgan fingerprint density at radius 1 is 0.786 bits per heavy atom. The molecule has 6 aromatic rings. The van der Waals surface area contributed by atoms with Gasteiger partial charge in [0.15, 0.2) is 9.84 Å². The number of nitrogens with zero attached hydrogens (tertiary/aromatic N) is 1. The number of aliphatic carboxylic acids is 1. The van der Waals surface area contributed by atoms with E-state index < -0.39 is 55.3 Å². The van der Waals surface area contributed by atoms with Gasteiger partial charge in [0.1, 0.15) is 0 Å². The largest absolute Gasteiger partial charge is 0.481 e. The number of sulfone groups is 1. The van der Waals surface area contributed by atoms with Gasteiger partial charge in [-0.15, -0.1) is 0 Å². The molecule has 0 saturated carbocycles. The van der Waals surface area contributed by atoms with Gasteiger partial charge in [0, 0.05) is 34.6 Å². The van der Waals surface area contributed by atoms with Crippen LogP contribution in [0.1, 0.15) is 58.0 Å². The number of carbonyl (C=O) groups is 1. The summed E-state index contributed by atoms with van der Waals surface area (Å²) in [6, 6.07) is 34.3. The van der Waals surface area contributed by atoms with E-state index in [2.05, 4.69) is 4.72 Å². The van der Waals surface area contributed by atoms with Gasteiger partial charge < -0.3 is 9.67 Å². The molecule has 0 spiro atoms. The topological polar surface area (TPSA) is 123 Å².